The van der Waals surface area contributed by atoms with Crippen molar-refractivity contribution in [3.63, 3.8) is 0 Å². The molecule has 0 aliphatic rings. The van der Waals surface area contributed by atoms with Crippen molar-refractivity contribution in [2.75, 3.05) is 0 Å². The second-order valence-electron chi connectivity index (χ2n) is 5.35. The Balaban J connectivity index is 1.75. The third-order valence-electron chi connectivity index (χ3n) is 3.74. The maximum absolute atomic E-state index is 13.0. The minimum atomic E-state index is -0.191. The summed E-state index contributed by atoms with van der Waals surface area (Å²) in [4.78, 5) is 1.32. The first kappa shape index (κ1) is 14.2. The number of hydrogen-bond acceptors (Lipinski definition) is 2. The van der Waals surface area contributed by atoms with Crippen LogP contribution in [0.3, 0.4) is 0 Å². The standard InChI is InChI=1S/C18H18FNS/c1-12(14-7-9-16(19)10-8-14)20-13(2)18-11-15-5-3-4-6-17(15)21-18/h3-13,20H,1-2H3. The minimum Gasteiger partial charge on any atom is -0.303 e. The summed E-state index contributed by atoms with van der Waals surface area (Å²) in [6.45, 7) is 4.28. The van der Waals surface area contributed by atoms with Gasteiger partial charge in [0.2, 0.25) is 0 Å². The first-order valence-electron chi connectivity index (χ1n) is 7.13. The van der Waals surface area contributed by atoms with Crippen molar-refractivity contribution in [3.8, 4) is 0 Å². The minimum absolute atomic E-state index is 0.186. The maximum Gasteiger partial charge on any atom is 0.123 e. The van der Waals surface area contributed by atoms with E-state index in [2.05, 4.69) is 49.5 Å². The first-order valence-corrected chi connectivity index (χ1v) is 7.95. The van der Waals surface area contributed by atoms with E-state index >= 15 is 0 Å². The molecular weight excluding hydrogens is 281 g/mol. The lowest BCUT2D eigenvalue weighted by atomic mass is 10.1. The highest BCUT2D eigenvalue weighted by molar-refractivity contribution is 7.19. The first-order chi connectivity index (χ1) is 10.1. The summed E-state index contributed by atoms with van der Waals surface area (Å²) in [7, 11) is 0. The van der Waals surface area contributed by atoms with Crippen molar-refractivity contribution in [2.45, 2.75) is 25.9 Å². The van der Waals surface area contributed by atoms with Crippen LogP contribution in [0, 0.1) is 5.82 Å². The van der Waals surface area contributed by atoms with Gasteiger partial charge in [0.25, 0.3) is 0 Å². The van der Waals surface area contributed by atoms with Crippen LogP contribution in [0.25, 0.3) is 10.1 Å². The molecule has 0 radical (unpaired) electrons. The van der Waals surface area contributed by atoms with Gasteiger partial charge in [0.05, 0.1) is 0 Å². The number of nitrogens with one attached hydrogen (secondary N) is 1. The summed E-state index contributed by atoms with van der Waals surface area (Å²) in [6.07, 6.45) is 0. The molecule has 108 valence electrons. The Morgan fingerprint density at radius 1 is 0.952 bits per heavy atom. The number of halogens is 1. The Morgan fingerprint density at radius 2 is 1.67 bits per heavy atom. The molecule has 1 aromatic heterocycles. The Bertz CT molecular complexity index is 699. The fraction of sp³-hybridized carbons (Fsp3) is 0.222. The van der Waals surface area contributed by atoms with Crippen LogP contribution in [0.4, 0.5) is 4.39 Å². The second kappa shape index (κ2) is 5.96. The normalized spacial score (nSPS) is 14.2. The van der Waals surface area contributed by atoms with E-state index in [1.54, 1.807) is 0 Å². The van der Waals surface area contributed by atoms with E-state index in [9.17, 15) is 4.39 Å². The molecule has 0 aliphatic heterocycles. The van der Waals surface area contributed by atoms with Crippen LogP contribution in [-0.2, 0) is 0 Å². The Morgan fingerprint density at radius 3 is 2.38 bits per heavy atom. The average Bonchev–Trinajstić information content (AvgIpc) is 2.92. The van der Waals surface area contributed by atoms with Gasteiger partial charge in [0, 0.05) is 21.7 Å². The molecule has 0 aliphatic carbocycles. The molecule has 0 spiro atoms. The van der Waals surface area contributed by atoms with E-state index in [1.807, 2.05) is 23.5 Å². The van der Waals surface area contributed by atoms with Crippen LogP contribution in [0.2, 0.25) is 0 Å². The summed E-state index contributed by atoms with van der Waals surface area (Å²) in [5, 5.41) is 4.87. The molecule has 3 rings (SSSR count). The molecule has 1 heterocycles. The third-order valence-corrected chi connectivity index (χ3v) is 5.04. The van der Waals surface area contributed by atoms with E-state index in [0.717, 1.165) is 5.56 Å². The highest BCUT2D eigenvalue weighted by atomic mass is 32.1. The van der Waals surface area contributed by atoms with Crippen molar-refractivity contribution in [3.05, 3.63) is 70.9 Å². The smallest absolute Gasteiger partial charge is 0.123 e. The van der Waals surface area contributed by atoms with Gasteiger partial charge in [-0.2, -0.15) is 0 Å². The molecule has 2 unspecified atom stereocenters. The van der Waals surface area contributed by atoms with Gasteiger partial charge in [-0.1, -0.05) is 30.3 Å². The number of thiophene rings is 1. The van der Waals surface area contributed by atoms with Crippen LogP contribution in [0.1, 0.15) is 36.4 Å². The Kier molecular flexibility index (Phi) is 4.04. The average molecular weight is 299 g/mol. The van der Waals surface area contributed by atoms with Gasteiger partial charge in [-0.05, 0) is 49.1 Å². The van der Waals surface area contributed by atoms with Crippen LogP contribution < -0.4 is 5.32 Å². The van der Waals surface area contributed by atoms with Crippen molar-refractivity contribution in [2.24, 2.45) is 0 Å². The third kappa shape index (κ3) is 3.14. The number of hydrogen-bond donors (Lipinski definition) is 1. The van der Waals surface area contributed by atoms with E-state index < -0.39 is 0 Å². The van der Waals surface area contributed by atoms with E-state index in [4.69, 9.17) is 0 Å². The largest absolute Gasteiger partial charge is 0.303 e. The van der Waals surface area contributed by atoms with Gasteiger partial charge < -0.3 is 5.32 Å². The Hall–Kier alpha value is -1.71. The van der Waals surface area contributed by atoms with E-state index in [1.165, 1.54) is 27.1 Å². The highest BCUT2D eigenvalue weighted by Crippen LogP contribution is 2.30. The quantitative estimate of drug-likeness (QED) is 0.675. The van der Waals surface area contributed by atoms with Crippen molar-refractivity contribution >= 4 is 21.4 Å². The molecule has 2 aromatic carbocycles. The van der Waals surface area contributed by atoms with Gasteiger partial charge in [0.15, 0.2) is 0 Å². The van der Waals surface area contributed by atoms with Gasteiger partial charge in [-0.3, -0.25) is 0 Å². The molecule has 21 heavy (non-hydrogen) atoms. The number of benzene rings is 2. The Labute approximate surface area is 128 Å². The molecule has 0 amide bonds. The summed E-state index contributed by atoms with van der Waals surface area (Å²) in [5.74, 6) is -0.191. The van der Waals surface area contributed by atoms with Crippen LogP contribution in [0.5, 0.6) is 0 Å². The van der Waals surface area contributed by atoms with Crippen molar-refractivity contribution in [1.29, 1.82) is 0 Å². The highest BCUT2D eigenvalue weighted by Gasteiger charge is 2.13. The molecule has 0 fully saturated rings. The zero-order valence-electron chi connectivity index (χ0n) is 12.1. The lowest BCUT2D eigenvalue weighted by Gasteiger charge is -2.19. The maximum atomic E-state index is 13.0. The van der Waals surface area contributed by atoms with Crippen LogP contribution >= 0.6 is 11.3 Å². The molecule has 3 aromatic rings. The lowest BCUT2D eigenvalue weighted by molar-refractivity contribution is 0.499. The molecule has 2 atom stereocenters. The van der Waals surface area contributed by atoms with E-state index in [0.29, 0.717) is 0 Å². The summed E-state index contributed by atoms with van der Waals surface area (Å²) in [6, 6.07) is 17.8. The number of rotatable bonds is 4. The monoisotopic (exact) mass is 299 g/mol. The topological polar surface area (TPSA) is 12.0 Å². The molecule has 1 N–H and O–H groups in total. The predicted molar refractivity (Wildman–Crippen MR) is 88.2 cm³/mol. The second-order valence-corrected chi connectivity index (χ2v) is 6.46. The molecule has 0 bridgehead atoms. The lowest BCUT2D eigenvalue weighted by Crippen LogP contribution is -2.21. The van der Waals surface area contributed by atoms with Crippen LogP contribution in [0.15, 0.2) is 54.6 Å². The summed E-state index contributed by atoms with van der Waals surface area (Å²) in [5.41, 5.74) is 1.10. The van der Waals surface area contributed by atoms with Gasteiger partial charge in [-0.15, -0.1) is 11.3 Å². The zero-order chi connectivity index (χ0) is 14.8. The summed E-state index contributed by atoms with van der Waals surface area (Å²) >= 11 is 1.82. The van der Waals surface area contributed by atoms with E-state index in [-0.39, 0.29) is 17.9 Å². The van der Waals surface area contributed by atoms with Gasteiger partial charge >= 0.3 is 0 Å². The molecule has 0 saturated heterocycles. The van der Waals surface area contributed by atoms with Crippen molar-refractivity contribution < 1.29 is 4.39 Å². The predicted octanol–water partition coefficient (Wildman–Crippen LogP) is 5.45. The molecular formula is C18H18FNS. The fourth-order valence-corrected chi connectivity index (χ4v) is 3.60. The molecule has 1 nitrogen and oxygen atoms in total. The fourth-order valence-electron chi connectivity index (χ4n) is 2.52. The van der Waals surface area contributed by atoms with Gasteiger partial charge in [0.1, 0.15) is 5.82 Å². The molecule has 3 heteroatoms. The van der Waals surface area contributed by atoms with Crippen molar-refractivity contribution in [1.82, 2.24) is 5.32 Å². The van der Waals surface area contributed by atoms with Crippen LogP contribution in [-0.4, -0.2) is 0 Å². The molecule has 0 saturated carbocycles. The SMILES string of the molecule is CC(NC(C)c1cc2ccccc2s1)c1ccc(F)cc1. The zero-order valence-corrected chi connectivity index (χ0v) is 13.0. The van der Waals surface area contributed by atoms with Gasteiger partial charge in [-0.25, -0.2) is 4.39 Å². The summed E-state index contributed by atoms with van der Waals surface area (Å²) < 4.78 is 14.3. The number of fused-ring (bicyclic) bond motifs is 1.